The zero-order valence-corrected chi connectivity index (χ0v) is 21.7. The summed E-state index contributed by atoms with van der Waals surface area (Å²) in [4.78, 5) is 25.4. The number of hydrogen-bond donors (Lipinski definition) is 2. The Kier molecular flexibility index (Phi) is 8.49. The summed E-state index contributed by atoms with van der Waals surface area (Å²) < 4.78 is 10.2. The molecule has 6 nitrogen and oxygen atoms in total. The molecule has 1 saturated carbocycles. The number of allylic oxidation sites excluding steroid dienone is 6. The minimum absolute atomic E-state index is 0.00467. The summed E-state index contributed by atoms with van der Waals surface area (Å²) in [6, 6.07) is 7.86. The van der Waals surface area contributed by atoms with Gasteiger partial charge in [-0.3, -0.25) is 4.79 Å². The van der Waals surface area contributed by atoms with Crippen LogP contribution in [-0.2, 0) is 19.1 Å². The van der Waals surface area contributed by atoms with Gasteiger partial charge in [0, 0.05) is 27.7 Å². The Labute approximate surface area is 218 Å². The van der Waals surface area contributed by atoms with Crippen molar-refractivity contribution < 1.29 is 19.1 Å². The number of ether oxygens (including phenoxy) is 2. The second-order valence-corrected chi connectivity index (χ2v) is 9.69. The van der Waals surface area contributed by atoms with E-state index in [-0.39, 0.29) is 17.8 Å². The van der Waals surface area contributed by atoms with Gasteiger partial charge in [-0.1, -0.05) is 86.7 Å². The van der Waals surface area contributed by atoms with Gasteiger partial charge in [0.25, 0.3) is 0 Å². The van der Waals surface area contributed by atoms with E-state index in [0.717, 1.165) is 60.4 Å². The number of benzene rings is 2. The number of rotatable bonds is 4. The number of carbonyl (C=O) groups is 2. The molecule has 2 aliphatic carbocycles. The Hall–Kier alpha value is -3.80. The SMILES string of the molecule is COC(=O)C1=C/C=C\C=C/C=C\1c1ccc2c(N)c(C3CCCCCCCC3C(=O)OC)ccc2c1N. The van der Waals surface area contributed by atoms with Gasteiger partial charge in [-0.05, 0) is 36.0 Å². The van der Waals surface area contributed by atoms with E-state index in [4.69, 9.17) is 20.9 Å². The lowest BCUT2D eigenvalue weighted by Crippen LogP contribution is -2.24. The van der Waals surface area contributed by atoms with E-state index in [2.05, 4.69) is 0 Å². The molecule has 37 heavy (non-hydrogen) atoms. The number of carbonyl (C=O) groups excluding carboxylic acids is 2. The smallest absolute Gasteiger partial charge is 0.338 e. The Morgan fingerprint density at radius 2 is 1.41 bits per heavy atom. The van der Waals surface area contributed by atoms with Crippen molar-refractivity contribution in [2.75, 3.05) is 25.7 Å². The van der Waals surface area contributed by atoms with Gasteiger partial charge in [-0.2, -0.15) is 0 Å². The first kappa shape index (κ1) is 26.3. The minimum atomic E-state index is -0.436. The number of nitrogens with two attached hydrogens (primary N) is 2. The van der Waals surface area contributed by atoms with E-state index in [0.29, 0.717) is 22.5 Å². The zero-order chi connectivity index (χ0) is 26.4. The molecule has 2 atom stereocenters. The first-order valence-electron chi connectivity index (χ1n) is 13.0. The monoisotopic (exact) mass is 500 g/mol. The fourth-order valence-corrected chi connectivity index (χ4v) is 5.63. The molecule has 0 bridgehead atoms. The lowest BCUT2D eigenvalue weighted by atomic mass is 9.78. The molecule has 2 aliphatic rings. The molecule has 0 radical (unpaired) electrons. The molecule has 4 rings (SSSR count). The maximum atomic E-state index is 12.8. The summed E-state index contributed by atoms with van der Waals surface area (Å²) in [6.07, 6.45) is 18.2. The molecule has 1 fully saturated rings. The fourth-order valence-electron chi connectivity index (χ4n) is 5.63. The molecule has 2 aromatic carbocycles. The second-order valence-electron chi connectivity index (χ2n) is 9.69. The fraction of sp³-hybridized carbons (Fsp3) is 0.355. The Balaban J connectivity index is 1.81. The summed E-state index contributed by atoms with van der Waals surface area (Å²) in [5.41, 5.74) is 17.5. The van der Waals surface area contributed by atoms with Crippen LogP contribution in [0.25, 0.3) is 16.3 Å². The molecule has 6 heteroatoms. The van der Waals surface area contributed by atoms with Crippen LogP contribution < -0.4 is 11.5 Å². The van der Waals surface area contributed by atoms with E-state index in [1.54, 1.807) is 12.2 Å². The zero-order valence-electron chi connectivity index (χ0n) is 21.7. The van der Waals surface area contributed by atoms with Gasteiger partial charge in [0.1, 0.15) is 0 Å². The molecule has 194 valence electrons. The highest BCUT2D eigenvalue weighted by Crippen LogP contribution is 2.43. The normalized spacial score (nSPS) is 25.0. The summed E-state index contributed by atoms with van der Waals surface area (Å²) in [5.74, 6) is -0.821. The maximum Gasteiger partial charge on any atom is 0.338 e. The van der Waals surface area contributed by atoms with Crippen molar-refractivity contribution in [2.24, 2.45) is 5.92 Å². The van der Waals surface area contributed by atoms with Crippen molar-refractivity contribution >= 4 is 39.7 Å². The van der Waals surface area contributed by atoms with Gasteiger partial charge in [-0.15, -0.1) is 0 Å². The van der Waals surface area contributed by atoms with Gasteiger partial charge in [0.05, 0.1) is 25.7 Å². The third-order valence-electron chi connectivity index (χ3n) is 7.58. The van der Waals surface area contributed by atoms with Crippen LogP contribution >= 0.6 is 0 Å². The molecule has 4 N–H and O–H groups in total. The summed E-state index contributed by atoms with van der Waals surface area (Å²) in [5, 5.41) is 1.65. The topological polar surface area (TPSA) is 105 Å². The van der Waals surface area contributed by atoms with Gasteiger partial charge in [0.2, 0.25) is 0 Å². The van der Waals surface area contributed by atoms with Crippen molar-refractivity contribution in [1.82, 2.24) is 0 Å². The van der Waals surface area contributed by atoms with Crippen LogP contribution in [0.1, 0.15) is 62.0 Å². The highest BCUT2D eigenvalue weighted by molar-refractivity contribution is 6.12. The van der Waals surface area contributed by atoms with Crippen LogP contribution in [-0.4, -0.2) is 26.2 Å². The van der Waals surface area contributed by atoms with E-state index >= 15 is 0 Å². The predicted octanol–water partition coefficient (Wildman–Crippen LogP) is 6.23. The van der Waals surface area contributed by atoms with E-state index in [1.807, 2.05) is 48.6 Å². The molecule has 2 aromatic rings. The van der Waals surface area contributed by atoms with Gasteiger partial charge >= 0.3 is 11.9 Å². The first-order valence-corrected chi connectivity index (χ1v) is 13.0. The lowest BCUT2D eigenvalue weighted by molar-refractivity contribution is -0.146. The van der Waals surface area contributed by atoms with Crippen molar-refractivity contribution in [2.45, 2.75) is 50.9 Å². The first-order chi connectivity index (χ1) is 18.0. The lowest BCUT2D eigenvalue weighted by Gasteiger charge is -2.27. The molecule has 0 amide bonds. The van der Waals surface area contributed by atoms with E-state index in [9.17, 15) is 9.59 Å². The summed E-state index contributed by atoms with van der Waals surface area (Å²) >= 11 is 0. The Morgan fingerprint density at radius 1 is 0.757 bits per heavy atom. The minimum Gasteiger partial charge on any atom is -0.469 e. The molecule has 0 aliphatic heterocycles. The number of anilines is 2. The van der Waals surface area contributed by atoms with Crippen molar-refractivity contribution in [3.63, 3.8) is 0 Å². The molecule has 0 saturated heterocycles. The van der Waals surface area contributed by atoms with Crippen LogP contribution in [0.15, 0.2) is 66.3 Å². The molecule has 0 spiro atoms. The summed E-state index contributed by atoms with van der Waals surface area (Å²) in [7, 11) is 2.83. The molecular weight excluding hydrogens is 464 g/mol. The number of methoxy groups -OCH3 is 2. The van der Waals surface area contributed by atoms with E-state index < -0.39 is 5.97 Å². The number of esters is 2. The van der Waals surface area contributed by atoms with Crippen LogP contribution in [0.4, 0.5) is 11.4 Å². The van der Waals surface area contributed by atoms with Crippen LogP contribution in [0.3, 0.4) is 0 Å². The quantitative estimate of drug-likeness (QED) is 0.381. The molecular formula is C31H36N2O4. The third kappa shape index (κ3) is 5.48. The Morgan fingerprint density at radius 3 is 2.14 bits per heavy atom. The Bertz CT molecular complexity index is 1300. The third-order valence-corrected chi connectivity index (χ3v) is 7.58. The largest absolute Gasteiger partial charge is 0.469 e. The van der Waals surface area contributed by atoms with E-state index in [1.165, 1.54) is 20.6 Å². The molecule has 2 unspecified atom stereocenters. The average Bonchev–Trinajstić information content (AvgIpc) is 3.01. The average molecular weight is 501 g/mol. The number of fused-ring (bicyclic) bond motifs is 1. The van der Waals surface area contributed by atoms with Crippen molar-refractivity contribution in [3.05, 3.63) is 77.4 Å². The molecule has 0 aromatic heterocycles. The van der Waals surface area contributed by atoms with Gasteiger partial charge < -0.3 is 20.9 Å². The van der Waals surface area contributed by atoms with Crippen molar-refractivity contribution in [1.29, 1.82) is 0 Å². The van der Waals surface area contributed by atoms with Gasteiger partial charge in [0.15, 0.2) is 0 Å². The predicted molar refractivity (Wildman–Crippen MR) is 150 cm³/mol. The number of hydrogen-bond acceptors (Lipinski definition) is 6. The van der Waals surface area contributed by atoms with Crippen molar-refractivity contribution in [3.8, 4) is 0 Å². The van der Waals surface area contributed by atoms with Crippen LogP contribution in [0.2, 0.25) is 0 Å². The number of nitrogen functional groups attached to an aromatic ring is 2. The van der Waals surface area contributed by atoms with Gasteiger partial charge in [-0.25, -0.2) is 4.79 Å². The highest BCUT2D eigenvalue weighted by Gasteiger charge is 2.32. The second kappa shape index (κ2) is 12.0. The maximum absolute atomic E-state index is 12.8. The van der Waals surface area contributed by atoms with Crippen LogP contribution in [0.5, 0.6) is 0 Å². The van der Waals surface area contributed by atoms with Crippen LogP contribution in [0, 0.1) is 5.92 Å². The highest BCUT2D eigenvalue weighted by atomic mass is 16.5. The standard InChI is InChI=1S/C31H36N2O4/c1-36-30(34)26-14-10-5-3-4-8-12-20(26)22-16-18-25-24(28(22)32)19-17-23(29(25)33)21-13-9-6-7-11-15-27(21)31(35)37-2/h6-7,9,11,13,15-20,26H,3-5,8,10,12,14,32-33H2,1-2H3/b7-6?,9-6-,11-7-,13-9?,15-11?,21-13-,27-15+,27-21?. The molecule has 0 heterocycles. The summed E-state index contributed by atoms with van der Waals surface area (Å²) in [6.45, 7) is 0.